The number of benzene rings is 2. The van der Waals surface area contributed by atoms with Crippen molar-refractivity contribution in [3.05, 3.63) is 42.0 Å². The highest BCUT2D eigenvalue weighted by molar-refractivity contribution is 5.93. The van der Waals surface area contributed by atoms with E-state index in [1.807, 2.05) is 43.3 Å². The van der Waals surface area contributed by atoms with E-state index in [9.17, 15) is 0 Å². The molecular weight excluding hydrogens is 358 g/mol. The van der Waals surface area contributed by atoms with Gasteiger partial charge in [-0.05, 0) is 49.2 Å². The summed E-state index contributed by atoms with van der Waals surface area (Å²) >= 11 is 0. The number of guanidine groups is 1. The van der Waals surface area contributed by atoms with Gasteiger partial charge in [0, 0.05) is 25.3 Å². The molecule has 0 atom stereocenters. The topological polar surface area (TPSA) is 73.3 Å². The summed E-state index contributed by atoms with van der Waals surface area (Å²) in [6, 6.07) is 11.4. The lowest BCUT2D eigenvalue weighted by Gasteiger charge is -2.15. The van der Waals surface area contributed by atoms with Crippen LogP contribution in [0.1, 0.15) is 12.5 Å². The third-order valence-electron chi connectivity index (χ3n) is 4.12. The van der Waals surface area contributed by atoms with Gasteiger partial charge in [-0.15, -0.1) is 0 Å². The Balaban J connectivity index is 1.99. The molecule has 0 unspecified atom stereocenters. The van der Waals surface area contributed by atoms with Crippen LogP contribution in [0.3, 0.4) is 0 Å². The number of hydrogen-bond acceptors (Lipinski definition) is 5. The van der Waals surface area contributed by atoms with Gasteiger partial charge in [0.2, 0.25) is 0 Å². The predicted molar refractivity (Wildman–Crippen MR) is 112 cm³/mol. The Morgan fingerprint density at radius 1 is 0.929 bits per heavy atom. The van der Waals surface area contributed by atoms with E-state index in [1.165, 1.54) is 0 Å². The van der Waals surface area contributed by atoms with Crippen LogP contribution in [0.15, 0.2) is 41.4 Å². The first-order valence-corrected chi connectivity index (χ1v) is 9.14. The minimum absolute atomic E-state index is 0.565. The molecular formula is C21H29N3O4. The quantitative estimate of drug-likeness (QED) is 0.508. The number of aliphatic imine (C=N–C) groups is 1. The highest BCUT2D eigenvalue weighted by Gasteiger charge is 2.08. The third kappa shape index (κ3) is 5.70. The molecule has 0 amide bonds. The Morgan fingerprint density at radius 2 is 1.68 bits per heavy atom. The Bertz CT molecular complexity index is 793. The minimum atomic E-state index is 0.565. The number of ether oxygens (including phenoxy) is 4. The molecule has 0 saturated carbocycles. The molecule has 0 bridgehead atoms. The SMILES string of the molecule is CCOc1cc(NC(=NC)NCCc2cc(OC)ccc2OC)ccc1OC. The van der Waals surface area contributed by atoms with Crippen LogP contribution in [0.4, 0.5) is 5.69 Å². The lowest BCUT2D eigenvalue weighted by Crippen LogP contribution is -2.32. The van der Waals surface area contributed by atoms with E-state index in [4.69, 9.17) is 18.9 Å². The first-order valence-electron chi connectivity index (χ1n) is 9.14. The molecule has 2 N–H and O–H groups in total. The first kappa shape index (κ1) is 21.2. The zero-order valence-electron chi connectivity index (χ0n) is 17.2. The number of nitrogens with zero attached hydrogens (tertiary/aromatic N) is 1. The zero-order chi connectivity index (χ0) is 20.4. The van der Waals surface area contributed by atoms with Crippen LogP contribution >= 0.6 is 0 Å². The molecule has 2 aromatic rings. The van der Waals surface area contributed by atoms with Crippen molar-refractivity contribution in [3.63, 3.8) is 0 Å². The van der Waals surface area contributed by atoms with Gasteiger partial charge in [0.15, 0.2) is 17.5 Å². The maximum absolute atomic E-state index is 5.62. The van der Waals surface area contributed by atoms with Gasteiger partial charge in [-0.25, -0.2) is 0 Å². The summed E-state index contributed by atoms with van der Waals surface area (Å²) in [4.78, 5) is 4.28. The smallest absolute Gasteiger partial charge is 0.195 e. The number of methoxy groups -OCH3 is 3. The molecule has 0 spiro atoms. The Labute approximate surface area is 166 Å². The largest absolute Gasteiger partial charge is 0.497 e. The summed E-state index contributed by atoms with van der Waals surface area (Å²) in [6.45, 7) is 3.18. The van der Waals surface area contributed by atoms with Crippen LogP contribution in [0.25, 0.3) is 0 Å². The predicted octanol–water partition coefficient (Wildman–Crippen LogP) is 3.34. The van der Waals surface area contributed by atoms with Crippen LogP contribution in [-0.4, -0.2) is 47.5 Å². The highest BCUT2D eigenvalue weighted by atomic mass is 16.5. The van der Waals surface area contributed by atoms with Crippen molar-refractivity contribution in [2.24, 2.45) is 4.99 Å². The standard InChI is InChI=1S/C21H29N3O4/c1-6-28-20-14-16(7-9-19(20)27-5)24-21(22-2)23-12-11-15-13-17(25-3)8-10-18(15)26-4/h7-10,13-14H,6,11-12H2,1-5H3,(H2,22,23,24). The van der Waals surface area contributed by atoms with E-state index >= 15 is 0 Å². The fraction of sp³-hybridized carbons (Fsp3) is 0.381. The van der Waals surface area contributed by atoms with Gasteiger partial charge in [0.05, 0.1) is 27.9 Å². The average Bonchev–Trinajstić information content (AvgIpc) is 2.73. The van der Waals surface area contributed by atoms with Crippen LogP contribution in [0.2, 0.25) is 0 Å². The van der Waals surface area contributed by atoms with Crippen molar-refractivity contribution in [2.75, 3.05) is 46.8 Å². The van der Waals surface area contributed by atoms with Gasteiger partial charge in [0.25, 0.3) is 0 Å². The second kappa shape index (κ2) is 10.9. The molecule has 0 aliphatic rings. The number of anilines is 1. The van der Waals surface area contributed by atoms with Crippen LogP contribution in [-0.2, 0) is 6.42 Å². The van der Waals surface area contributed by atoms with E-state index in [0.717, 1.165) is 29.2 Å². The number of rotatable bonds is 9. The molecule has 0 radical (unpaired) electrons. The Hall–Kier alpha value is -3.09. The van der Waals surface area contributed by atoms with Crippen molar-refractivity contribution in [1.82, 2.24) is 5.32 Å². The van der Waals surface area contributed by atoms with Gasteiger partial charge in [-0.1, -0.05) is 0 Å². The van der Waals surface area contributed by atoms with E-state index in [2.05, 4.69) is 15.6 Å². The fourth-order valence-electron chi connectivity index (χ4n) is 2.73. The summed E-state index contributed by atoms with van der Waals surface area (Å²) in [5.74, 6) is 3.68. The van der Waals surface area contributed by atoms with Crippen LogP contribution in [0.5, 0.6) is 23.0 Å². The molecule has 2 aromatic carbocycles. The second-order valence-electron chi connectivity index (χ2n) is 5.85. The first-order chi connectivity index (χ1) is 13.6. The second-order valence-corrected chi connectivity index (χ2v) is 5.85. The maximum atomic E-state index is 5.62. The number of nitrogens with one attached hydrogen (secondary N) is 2. The average molecular weight is 387 g/mol. The van der Waals surface area contributed by atoms with E-state index < -0.39 is 0 Å². The van der Waals surface area contributed by atoms with Crippen LogP contribution < -0.4 is 29.6 Å². The van der Waals surface area contributed by atoms with Gasteiger partial charge in [-0.3, -0.25) is 4.99 Å². The fourth-order valence-corrected chi connectivity index (χ4v) is 2.73. The van der Waals surface area contributed by atoms with E-state index in [0.29, 0.717) is 30.6 Å². The minimum Gasteiger partial charge on any atom is -0.497 e. The lowest BCUT2D eigenvalue weighted by molar-refractivity contribution is 0.311. The molecule has 7 heteroatoms. The van der Waals surface area contributed by atoms with Gasteiger partial charge in [-0.2, -0.15) is 0 Å². The zero-order valence-corrected chi connectivity index (χ0v) is 17.2. The van der Waals surface area contributed by atoms with E-state index in [1.54, 1.807) is 28.4 Å². The van der Waals surface area contributed by atoms with Crippen molar-refractivity contribution in [3.8, 4) is 23.0 Å². The molecule has 0 heterocycles. The third-order valence-corrected chi connectivity index (χ3v) is 4.12. The van der Waals surface area contributed by atoms with Crippen LogP contribution in [0, 0.1) is 0 Å². The van der Waals surface area contributed by atoms with Gasteiger partial charge >= 0.3 is 0 Å². The van der Waals surface area contributed by atoms with Crippen molar-refractivity contribution in [2.45, 2.75) is 13.3 Å². The molecule has 0 saturated heterocycles. The highest BCUT2D eigenvalue weighted by Crippen LogP contribution is 2.30. The molecule has 0 aliphatic carbocycles. The maximum Gasteiger partial charge on any atom is 0.195 e. The summed E-state index contributed by atoms with van der Waals surface area (Å²) < 4.78 is 21.7. The monoisotopic (exact) mass is 387 g/mol. The number of hydrogen-bond donors (Lipinski definition) is 2. The van der Waals surface area contributed by atoms with Crippen molar-refractivity contribution < 1.29 is 18.9 Å². The molecule has 28 heavy (non-hydrogen) atoms. The molecule has 0 fully saturated rings. The summed E-state index contributed by atoms with van der Waals surface area (Å²) in [5.41, 5.74) is 1.92. The molecule has 152 valence electrons. The normalized spacial score (nSPS) is 11.0. The van der Waals surface area contributed by atoms with Crippen molar-refractivity contribution >= 4 is 11.6 Å². The van der Waals surface area contributed by atoms with Crippen molar-refractivity contribution in [1.29, 1.82) is 0 Å². The Kier molecular flexibility index (Phi) is 8.27. The molecule has 0 aromatic heterocycles. The molecule has 2 rings (SSSR count). The Morgan fingerprint density at radius 3 is 2.32 bits per heavy atom. The lowest BCUT2D eigenvalue weighted by atomic mass is 10.1. The van der Waals surface area contributed by atoms with E-state index in [-0.39, 0.29) is 0 Å². The summed E-state index contributed by atoms with van der Waals surface area (Å²) in [6.07, 6.45) is 0.758. The summed E-state index contributed by atoms with van der Waals surface area (Å²) in [5, 5.41) is 6.57. The van der Waals surface area contributed by atoms with Gasteiger partial charge < -0.3 is 29.6 Å². The van der Waals surface area contributed by atoms with Gasteiger partial charge in [0.1, 0.15) is 11.5 Å². The summed E-state index contributed by atoms with van der Waals surface area (Å²) in [7, 11) is 6.67. The molecule has 7 nitrogen and oxygen atoms in total. The molecule has 0 aliphatic heterocycles.